The van der Waals surface area contributed by atoms with E-state index in [9.17, 15) is 21.6 Å². The van der Waals surface area contributed by atoms with E-state index in [1.54, 1.807) is 12.1 Å². The Morgan fingerprint density at radius 1 is 1.04 bits per heavy atom. The lowest BCUT2D eigenvalue weighted by Gasteiger charge is -2.09. The van der Waals surface area contributed by atoms with Gasteiger partial charge in [0.15, 0.2) is 0 Å². The molecule has 0 fully saturated rings. The summed E-state index contributed by atoms with van der Waals surface area (Å²) in [7, 11) is -2.05. The molecule has 0 saturated heterocycles. The van der Waals surface area contributed by atoms with Gasteiger partial charge < -0.3 is 10.3 Å². The Hall–Kier alpha value is -2.32. The molecule has 0 aliphatic carbocycles. The lowest BCUT2D eigenvalue weighted by atomic mass is 10.1. The van der Waals surface area contributed by atoms with Crippen molar-refractivity contribution in [1.82, 2.24) is 4.57 Å². The summed E-state index contributed by atoms with van der Waals surface area (Å²) in [6.07, 6.45) is -3.91. The molecular weight excluding hydrogens is 377 g/mol. The van der Waals surface area contributed by atoms with Crippen LogP contribution in [-0.2, 0) is 29.5 Å². The number of hydrogen-bond acceptors (Lipinski definition) is 3. The van der Waals surface area contributed by atoms with Crippen LogP contribution in [0.2, 0.25) is 0 Å². The zero-order valence-corrected chi connectivity index (χ0v) is 15.7. The molecule has 3 aromatic rings. The molecule has 1 aromatic heterocycles. The van der Waals surface area contributed by atoms with Crippen LogP contribution < -0.4 is 5.73 Å². The number of alkyl halides is 3. The average Bonchev–Trinajstić information content (AvgIpc) is 2.86. The van der Waals surface area contributed by atoms with E-state index in [1.807, 2.05) is 18.5 Å². The molecule has 0 bridgehead atoms. The smallest absolute Gasteiger partial charge is 0.348 e. The van der Waals surface area contributed by atoms with Crippen LogP contribution in [0.3, 0.4) is 0 Å². The number of benzene rings is 2. The van der Waals surface area contributed by atoms with Crippen LogP contribution in [0.1, 0.15) is 16.8 Å². The average molecular weight is 396 g/mol. The van der Waals surface area contributed by atoms with Gasteiger partial charge in [-0.15, -0.1) is 0 Å². The summed E-state index contributed by atoms with van der Waals surface area (Å²) >= 11 is 0. The van der Waals surface area contributed by atoms with Gasteiger partial charge in [-0.25, -0.2) is 8.42 Å². The standard InChI is InChI=1S/C19H19F3N2O2S/c1-12-16(9-10-23)17-11-15(7-8-18(17)24(12)2)27(25,26)14-5-3-13(4-6-14)19(20,21)22/h3-8,11H,9-10,23H2,1-2H3. The van der Waals surface area contributed by atoms with Crippen molar-refractivity contribution in [3.8, 4) is 0 Å². The molecule has 1 heterocycles. The normalized spacial score (nSPS) is 12.7. The van der Waals surface area contributed by atoms with E-state index in [0.717, 1.165) is 46.4 Å². The van der Waals surface area contributed by atoms with Crippen molar-refractivity contribution in [1.29, 1.82) is 0 Å². The SMILES string of the molecule is Cc1c(CCN)c2cc(S(=O)(=O)c3ccc(C(F)(F)F)cc3)ccc2n1C. The van der Waals surface area contributed by atoms with Crippen molar-refractivity contribution in [3.63, 3.8) is 0 Å². The Morgan fingerprint density at radius 2 is 1.63 bits per heavy atom. The lowest BCUT2D eigenvalue weighted by Crippen LogP contribution is -2.07. The largest absolute Gasteiger partial charge is 0.416 e. The Balaban J connectivity index is 2.12. The van der Waals surface area contributed by atoms with Crippen LogP contribution in [0.4, 0.5) is 13.2 Å². The van der Waals surface area contributed by atoms with Crippen LogP contribution in [0.15, 0.2) is 52.3 Å². The van der Waals surface area contributed by atoms with Crippen molar-refractivity contribution in [2.45, 2.75) is 29.3 Å². The molecule has 0 spiro atoms. The third kappa shape index (κ3) is 3.35. The highest BCUT2D eigenvalue weighted by molar-refractivity contribution is 7.91. The van der Waals surface area contributed by atoms with Gasteiger partial charge in [0.05, 0.1) is 15.4 Å². The maximum atomic E-state index is 12.9. The summed E-state index contributed by atoms with van der Waals surface area (Å²) in [6, 6.07) is 8.27. The molecule has 2 aromatic carbocycles. The van der Waals surface area contributed by atoms with Gasteiger partial charge in [0.2, 0.25) is 9.84 Å². The first kappa shape index (κ1) is 19.4. The number of sulfone groups is 1. The Morgan fingerprint density at radius 3 is 2.19 bits per heavy atom. The van der Waals surface area contributed by atoms with E-state index in [4.69, 9.17) is 5.73 Å². The Kier molecular flexibility index (Phi) is 4.81. The summed E-state index contributed by atoms with van der Waals surface area (Å²) in [5, 5.41) is 0.786. The van der Waals surface area contributed by atoms with Gasteiger partial charge in [0, 0.05) is 23.6 Å². The number of nitrogens with zero attached hydrogens (tertiary/aromatic N) is 1. The fourth-order valence-electron chi connectivity index (χ4n) is 3.21. The van der Waals surface area contributed by atoms with Crippen molar-refractivity contribution in [3.05, 3.63) is 59.3 Å². The third-order valence-corrected chi connectivity index (χ3v) is 6.56. The van der Waals surface area contributed by atoms with Gasteiger partial charge in [0.25, 0.3) is 0 Å². The Labute approximate surface area is 155 Å². The number of nitrogens with two attached hydrogens (primary N) is 1. The van der Waals surface area contributed by atoms with Gasteiger partial charge in [0.1, 0.15) is 0 Å². The zero-order valence-electron chi connectivity index (χ0n) is 14.8. The molecule has 27 heavy (non-hydrogen) atoms. The first-order valence-corrected chi connectivity index (χ1v) is 9.76. The molecule has 0 saturated carbocycles. The second kappa shape index (κ2) is 6.69. The Bertz CT molecular complexity index is 1100. The summed E-state index contributed by atoms with van der Waals surface area (Å²) in [5.74, 6) is 0. The number of hydrogen-bond donors (Lipinski definition) is 1. The second-order valence-corrected chi connectivity index (χ2v) is 8.32. The number of fused-ring (bicyclic) bond motifs is 1. The number of aryl methyl sites for hydroxylation is 1. The second-order valence-electron chi connectivity index (χ2n) is 6.37. The van der Waals surface area contributed by atoms with Crippen LogP contribution in [0.5, 0.6) is 0 Å². The maximum absolute atomic E-state index is 12.9. The number of rotatable bonds is 4. The molecule has 0 aliphatic rings. The van der Waals surface area contributed by atoms with Gasteiger partial charge in [-0.3, -0.25) is 0 Å². The van der Waals surface area contributed by atoms with Crippen molar-refractivity contribution in [2.75, 3.05) is 6.54 Å². The minimum Gasteiger partial charge on any atom is -0.348 e. The molecular formula is C19H19F3N2O2S. The molecule has 0 unspecified atom stereocenters. The van der Waals surface area contributed by atoms with Crippen molar-refractivity contribution < 1.29 is 21.6 Å². The predicted octanol–water partition coefficient (Wildman–Crippen LogP) is 3.84. The fraction of sp³-hybridized carbons (Fsp3) is 0.263. The molecule has 0 aliphatic heterocycles. The number of aromatic nitrogens is 1. The first-order chi connectivity index (χ1) is 12.6. The zero-order chi connectivity index (χ0) is 20.0. The summed E-state index contributed by atoms with van der Waals surface area (Å²) in [4.78, 5) is -0.137. The van der Waals surface area contributed by atoms with E-state index < -0.39 is 21.6 Å². The highest BCUT2D eigenvalue weighted by Gasteiger charge is 2.31. The van der Waals surface area contributed by atoms with Gasteiger partial charge >= 0.3 is 6.18 Å². The summed E-state index contributed by atoms with van der Waals surface area (Å²) in [5.41, 5.74) is 7.63. The molecule has 0 amide bonds. The number of halogens is 3. The minimum absolute atomic E-state index is 0.0404. The monoisotopic (exact) mass is 396 g/mol. The molecule has 2 N–H and O–H groups in total. The minimum atomic E-state index is -4.51. The molecule has 0 atom stereocenters. The summed E-state index contributed by atoms with van der Waals surface area (Å²) < 4.78 is 65.9. The van der Waals surface area contributed by atoms with Crippen molar-refractivity contribution >= 4 is 20.7 Å². The molecule has 3 rings (SSSR count). The molecule has 0 radical (unpaired) electrons. The lowest BCUT2D eigenvalue weighted by molar-refractivity contribution is -0.137. The van der Waals surface area contributed by atoms with Crippen molar-refractivity contribution in [2.24, 2.45) is 12.8 Å². The van der Waals surface area contributed by atoms with Gasteiger partial charge in [-0.05, 0) is 67.9 Å². The third-order valence-electron chi connectivity index (χ3n) is 4.79. The van der Waals surface area contributed by atoms with Crippen LogP contribution in [-0.4, -0.2) is 19.5 Å². The summed E-state index contributed by atoms with van der Waals surface area (Å²) in [6.45, 7) is 2.37. The van der Waals surface area contributed by atoms with Crippen LogP contribution >= 0.6 is 0 Å². The highest BCUT2D eigenvalue weighted by Crippen LogP contribution is 2.32. The predicted molar refractivity (Wildman–Crippen MR) is 97.3 cm³/mol. The van der Waals surface area contributed by atoms with E-state index in [-0.39, 0.29) is 9.79 Å². The van der Waals surface area contributed by atoms with Gasteiger partial charge in [-0.2, -0.15) is 13.2 Å². The van der Waals surface area contributed by atoms with E-state index in [1.165, 1.54) is 6.07 Å². The maximum Gasteiger partial charge on any atom is 0.416 e. The topological polar surface area (TPSA) is 65.1 Å². The highest BCUT2D eigenvalue weighted by atomic mass is 32.2. The van der Waals surface area contributed by atoms with Crippen LogP contribution in [0.25, 0.3) is 10.9 Å². The van der Waals surface area contributed by atoms with E-state index in [2.05, 4.69) is 0 Å². The molecule has 8 heteroatoms. The molecule has 4 nitrogen and oxygen atoms in total. The van der Waals surface area contributed by atoms with Crippen LogP contribution in [0, 0.1) is 6.92 Å². The van der Waals surface area contributed by atoms with E-state index in [0.29, 0.717) is 13.0 Å². The molecule has 144 valence electrons. The fourth-order valence-corrected chi connectivity index (χ4v) is 4.50. The first-order valence-electron chi connectivity index (χ1n) is 8.27. The van der Waals surface area contributed by atoms with E-state index >= 15 is 0 Å². The van der Waals surface area contributed by atoms with Gasteiger partial charge in [-0.1, -0.05) is 0 Å². The quantitative estimate of drug-likeness (QED) is 0.729.